The van der Waals surface area contributed by atoms with Crippen LogP contribution in [0, 0.1) is 17.6 Å². The molecule has 98 valence electrons. The van der Waals surface area contributed by atoms with Gasteiger partial charge in [-0.05, 0) is 30.5 Å². The smallest absolute Gasteiger partial charge is 0.227 e. The molecule has 1 aliphatic heterocycles. The second-order valence-corrected chi connectivity index (χ2v) is 4.64. The highest BCUT2D eigenvalue weighted by molar-refractivity contribution is 5.79. The summed E-state index contributed by atoms with van der Waals surface area (Å²) >= 11 is 0. The third kappa shape index (κ3) is 2.85. The zero-order valence-electron chi connectivity index (χ0n) is 10.0. The van der Waals surface area contributed by atoms with Crippen molar-refractivity contribution in [2.75, 3.05) is 19.6 Å². The highest BCUT2D eigenvalue weighted by Crippen LogP contribution is 2.17. The molecule has 18 heavy (non-hydrogen) atoms. The van der Waals surface area contributed by atoms with E-state index < -0.39 is 11.6 Å². The number of carbonyl (C=O) groups is 1. The molecular formula is C13H16F2N2O. The molecule has 0 radical (unpaired) electrons. The number of rotatable bonds is 3. The van der Waals surface area contributed by atoms with Gasteiger partial charge in [-0.1, -0.05) is 6.07 Å². The number of halogens is 2. The summed E-state index contributed by atoms with van der Waals surface area (Å²) in [5.74, 6) is -1.09. The predicted octanol–water partition coefficient (Wildman–Crippen LogP) is 1.31. The Morgan fingerprint density at radius 3 is 2.83 bits per heavy atom. The SMILES string of the molecule is NC[C@H]1CCN(C(=O)Cc2ccc(F)cc2F)C1. The maximum Gasteiger partial charge on any atom is 0.227 e. The van der Waals surface area contributed by atoms with E-state index in [1.165, 1.54) is 12.1 Å². The predicted molar refractivity (Wildman–Crippen MR) is 63.8 cm³/mol. The normalized spacial score (nSPS) is 19.3. The van der Waals surface area contributed by atoms with Gasteiger partial charge in [-0.15, -0.1) is 0 Å². The summed E-state index contributed by atoms with van der Waals surface area (Å²) in [7, 11) is 0. The fraction of sp³-hybridized carbons (Fsp3) is 0.462. The lowest BCUT2D eigenvalue weighted by molar-refractivity contribution is -0.129. The van der Waals surface area contributed by atoms with Gasteiger partial charge in [0.15, 0.2) is 0 Å². The highest BCUT2D eigenvalue weighted by atomic mass is 19.1. The van der Waals surface area contributed by atoms with Gasteiger partial charge in [-0.2, -0.15) is 0 Å². The fourth-order valence-corrected chi connectivity index (χ4v) is 2.19. The van der Waals surface area contributed by atoms with Crippen LogP contribution < -0.4 is 5.73 Å². The van der Waals surface area contributed by atoms with E-state index in [4.69, 9.17) is 5.73 Å². The molecule has 1 aliphatic rings. The highest BCUT2D eigenvalue weighted by Gasteiger charge is 2.25. The van der Waals surface area contributed by atoms with Crippen molar-refractivity contribution in [1.82, 2.24) is 4.90 Å². The quantitative estimate of drug-likeness (QED) is 0.884. The summed E-state index contributed by atoms with van der Waals surface area (Å²) in [6, 6.07) is 3.28. The van der Waals surface area contributed by atoms with E-state index >= 15 is 0 Å². The van der Waals surface area contributed by atoms with E-state index in [9.17, 15) is 13.6 Å². The number of amides is 1. The minimum atomic E-state index is -0.669. The molecule has 1 aromatic carbocycles. The van der Waals surface area contributed by atoms with Crippen molar-refractivity contribution in [2.24, 2.45) is 11.7 Å². The number of hydrogen-bond donors (Lipinski definition) is 1. The van der Waals surface area contributed by atoms with Crippen LogP contribution in [0.15, 0.2) is 18.2 Å². The molecule has 0 spiro atoms. The topological polar surface area (TPSA) is 46.3 Å². The Morgan fingerprint density at radius 2 is 2.22 bits per heavy atom. The van der Waals surface area contributed by atoms with Crippen molar-refractivity contribution in [3.63, 3.8) is 0 Å². The van der Waals surface area contributed by atoms with Crippen LogP contribution in [0.2, 0.25) is 0 Å². The lowest BCUT2D eigenvalue weighted by Gasteiger charge is -2.16. The molecule has 1 atom stereocenters. The molecule has 0 saturated carbocycles. The summed E-state index contributed by atoms with van der Waals surface area (Å²) in [5.41, 5.74) is 5.78. The Labute approximate surface area is 105 Å². The molecule has 0 unspecified atom stereocenters. The second-order valence-electron chi connectivity index (χ2n) is 4.64. The standard InChI is InChI=1S/C13H16F2N2O/c14-11-2-1-10(12(15)6-11)5-13(18)17-4-3-9(7-16)8-17/h1-2,6,9H,3-5,7-8,16H2/t9-/m1/s1. The molecule has 1 saturated heterocycles. The summed E-state index contributed by atoms with van der Waals surface area (Å²) in [6.07, 6.45) is 0.873. The van der Waals surface area contributed by atoms with Gasteiger partial charge in [0.25, 0.3) is 0 Å². The van der Waals surface area contributed by atoms with Crippen LogP contribution in [0.25, 0.3) is 0 Å². The van der Waals surface area contributed by atoms with Gasteiger partial charge in [0, 0.05) is 19.2 Å². The van der Waals surface area contributed by atoms with Crippen molar-refractivity contribution in [1.29, 1.82) is 0 Å². The Morgan fingerprint density at radius 1 is 1.44 bits per heavy atom. The second kappa shape index (κ2) is 5.44. The number of hydrogen-bond acceptors (Lipinski definition) is 2. The Balaban J connectivity index is 1.99. The molecule has 1 heterocycles. The van der Waals surface area contributed by atoms with E-state index in [0.717, 1.165) is 12.5 Å². The van der Waals surface area contributed by atoms with Gasteiger partial charge in [0.2, 0.25) is 5.91 Å². The zero-order chi connectivity index (χ0) is 13.1. The molecular weight excluding hydrogens is 238 g/mol. The average molecular weight is 254 g/mol. The van der Waals surface area contributed by atoms with Gasteiger partial charge in [0.1, 0.15) is 11.6 Å². The number of carbonyl (C=O) groups excluding carboxylic acids is 1. The molecule has 0 bridgehead atoms. The van der Waals surface area contributed by atoms with Crippen LogP contribution in [0.1, 0.15) is 12.0 Å². The van der Waals surface area contributed by atoms with E-state index in [2.05, 4.69) is 0 Å². The largest absolute Gasteiger partial charge is 0.342 e. The van der Waals surface area contributed by atoms with Crippen LogP contribution in [0.3, 0.4) is 0 Å². The molecule has 0 aliphatic carbocycles. The summed E-state index contributed by atoms with van der Waals surface area (Å²) in [6.45, 7) is 1.87. The summed E-state index contributed by atoms with van der Waals surface area (Å²) in [4.78, 5) is 13.6. The Hall–Kier alpha value is -1.49. The van der Waals surface area contributed by atoms with E-state index in [-0.39, 0.29) is 17.9 Å². The molecule has 3 nitrogen and oxygen atoms in total. The molecule has 1 amide bonds. The number of nitrogens with two attached hydrogens (primary N) is 1. The summed E-state index contributed by atoms with van der Waals surface area (Å²) < 4.78 is 26.1. The molecule has 5 heteroatoms. The third-order valence-electron chi connectivity index (χ3n) is 3.33. The van der Waals surface area contributed by atoms with Crippen molar-refractivity contribution in [3.05, 3.63) is 35.4 Å². The number of benzene rings is 1. The molecule has 0 aromatic heterocycles. The first-order chi connectivity index (χ1) is 8.60. The first-order valence-corrected chi connectivity index (χ1v) is 6.02. The van der Waals surface area contributed by atoms with E-state index in [1.807, 2.05) is 0 Å². The molecule has 1 fully saturated rings. The van der Waals surface area contributed by atoms with Crippen LogP contribution in [-0.2, 0) is 11.2 Å². The van der Waals surface area contributed by atoms with Crippen LogP contribution in [0.4, 0.5) is 8.78 Å². The maximum absolute atomic E-state index is 13.4. The maximum atomic E-state index is 13.4. The number of nitrogens with zero attached hydrogens (tertiary/aromatic N) is 1. The van der Waals surface area contributed by atoms with Crippen LogP contribution in [0.5, 0.6) is 0 Å². The van der Waals surface area contributed by atoms with Crippen molar-refractivity contribution >= 4 is 5.91 Å². The van der Waals surface area contributed by atoms with Gasteiger partial charge in [-0.25, -0.2) is 8.78 Å². The third-order valence-corrected chi connectivity index (χ3v) is 3.33. The van der Waals surface area contributed by atoms with Crippen molar-refractivity contribution in [3.8, 4) is 0 Å². The number of likely N-dealkylation sites (tertiary alicyclic amines) is 1. The van der Waals surface area contributed by atoms with Crippen molar-refractivity contribution in [2.45, 2.75) is 12.8 Å². The first-order valence-electron chi connectivity index (χ1n) is 6.02. The Bertz CT molecular complexity index is 451. The van der Waals surface area contributed by atoms with Gasteiger partial charge >= 0.3 is 0 Å². The lowest BCUT2D eigenvalue weighted by Crippen LogP contribution is -2.31. The fourth-order valence-electron chi connectivity index (χ4n) is 2.19. The van der Waals surface area contributed by atoms with E-state index in [1.54, 1.807) is 4.90 Å². The average Bonchev–Trinajstić information content (AvgIpc) is 2.81. The molecule has 2 rings (SSSR count). The minimum Gasteiger partial charge on any atom is -0.342 e. The molecule has 2 N–H and O–H groups in total. The monoisotopic (exact) mass is 254 g/mol. The Kier molecular flexibility index (Phi) is 3.91. The lowest BCUT2D eigenvalue weighted by atomic mass is 10.1. The zero-order valence-corrected chi connectivity index (χ0v) is 10.0. The van der Waals surface area contributed by atoms with Gasteiger partial charge < -0.3 is 10.6 Å². The van der Waals surface area contributed by atoms with Crippen LogP contribution >= 0.6 is 0 Å². The summed E-state index contributed by atoms with van der Waals surface area (Å²) in [5, 5.41) is 0. The minimum absolute atomic E-state index is 0.0244. The first kappa shape index (κ1) is 13.0. The molecule has 1 aromatic rings. The van der Waals surface area contributed by atoms with Gasteiger partial charge in [0.05, 0.1) is 6.42 Å². The van der Waals surface area contributed by atoms with Crippen molar-refractivity contribution < 1.29 is 13.6 Å². The van der Waals surface area contributed by atoms with Gasteiger partial charge in [-0.3, -0.25) is 4.79 Å². The van der Waals surface area contributed by atoms with E-state index in [0.29, 0.717) is 25.6 Å². The van der Waals surface area contributed by atoms with Crippen LogP contribution in [-0.4, -0.2) is 30.4 Å².